The second-order valence-corrected chi connectivity index (χ2v) is 8.56. The van der Waals surface area contributed by atoms with Crippen molar-refractivity contribution in [2.24, 2.45) is 4.99 Å². The lowest BCUT2D eigenvalue weighted by Crippen LogP contribution is -2.29. The van der Waals surface area contributed by atoms with Gasteiger partial charge in [0.15, 0.2) is 10.1 Å². The number of thioether (sulfide) groups is 1. The van der Waals surface area contributed by atoms with Crippen molar-refractivity contribution in [3.05, 3.63) is 57.4 Å². The van der Waals surface area contributed by atoms with E-state index in [1.54, 1.807) is 24.3 Å². The van der Waals surface area contributed by atoms with Crippen LogP contribution in [-0.4, -0.2) is 35.3 Å². The number of nitrogens with one attached hydrogen (secondary N) is 5. The SMILES string of the molecule is O=c1[nH]cc(S(=O)(=O)Nc2cc(SC3=NCNN3)c(O)c3ccccc23)c(=O)[nH]1. The van der Waals surface area contributed by atoms with Crippen molar-refractivity contribution in [1.82, 2.24) is 20.8 Å². The van der Waals surface area contributed by atoms with Crippen molar-refractivity contribution in [2.75, 3.05) is 11.4 Å². The Bertz CT molecular complexity index is 1360. The average molecular weight is 434 g/mol. The molecular formula is C16H14N6O5S2. The van der Waals surface area contributed by atoms with Crippen LogP contribution in [0, 0.1) is 0 Å². The van der Waals surface area contributed by atoms with Gasteiger partial charge in [-0.25, -0.2) is 23.6 Å². The predicted octanol–water partition coefficient (Wildman–Crippen LogP) is 0.236. The molecule has 0 fully saturated rings. The highest BCUT2D eigenvalue weighted by molar-refractivity contribution is 8.14. The van der Waals surface area contributed by atoms with Crippen LogP contribution in [-0.2, 0) is 10.0 Å². The first-order valence-electron chi connectivity index (χ1n) is 8.16. The van der Waals surface area contributed by atoms with Crippen LogP contribution in [0.25, 0.3) is 10.8 Å². The van der Waals surface area contributed by atoms with Crippen LogP contribution in [0.2, 0.25) is 0 Å². The molecule has 0 bridgehead atoms. The summed E-state index contributed by atoms with van der Waals surface area (Å²) in [6.07, 6.45) is 0.824. The van der Waals surface area contributed by atoms with E-state index in [0.29, 0.717) is 27.5 Å². The predicted molar refractivity (Wildman–Crippen MR) is 109 cm³/mol. The van der Waals surface area contributed by atoms with Gasteiger partial charge in [-0.15, -0.1) is 0 Å². The molecule has 1 aliphatic rings. The first kappa shape index (κ1) is 19.0. The van der Waals surface area contributed by atoms with Crippen molar-refractivity contribution in [3.63, 3.8) is 0 Å². The number of nitrogens with zero attached hydrogens (tertiary/aromatic N) is 1. The number of hydrogen-bond acceptors (Lipinski definition) is 9. The number of aromatic nitrogens is 2. The van der Waals surface area contributed by atoms with E-state index >= 15 is 0 Å². The van der Waals surface area contributed by atoms with Gasteiger partial charge < -0.3 is 10.1 Å². The molecule has 0 spiro atoms. The van der Waals surface area contributed by atoms with Gasteiger partial charge in [0.05, 0.1) is 10.6 Å². The molecule has 0 radical (unpaired) electrons. The maximum atomic E-state index is 12.7. The van der Waals surface area contributed by atoms with Gasteiger partial charge in [0.2, 0.25) is 0 Å². The van der Waals surface area contributed by atoms with Crippen molar-refractivity contribution in [2.45, 2.75) is 9.79 Å². The smallest absolute Gasteiger partial charge is 0.325 e. The van der Waals surface area contributed by atoms with E-state index in [4.69, 9.17) is 0 Å². The van der Waals surface area contributed by atoms with E-state index in [9.17, 15) is 23.1 Å². The molecule has 2 heterocycles. The van der Waals surface area contributed by atoms with Crippen molar-refractivity contribution in [1.29, 1.82) is 0 Å². The number of amidine groups is 1. The average Bonchev–Trinajstić information content (AvgIpc) is 3.18. The molecular weight excluding hydrogens is 420 g/mol. The van der Waals surface area contributed by atoms with Crippen LogP contribution in [0.1, 0.15) is 0 Å². The summed E-state index contributed by atoms with van der Waals surface area (Å²) in [6.45, 7) is 0.366. The second-order valence-electron chi connectivity index (χ2n) is 5.88. The van der Waals surface area contributed by atoms with Crippen molar-refractivity contribution < 1.29 is 13.5 Å². The first-order valence-corrected chi connectivity index (χ1v) is 10.5. The first-order chi connectivity index (χ1) is 13.8. The van der Waals surface area contributed by atoms with Crippen molar-refractivity contribution in [3.8, 4) is 5.75 Å². The van der Waals surface area contributed by atoms with Gasteiger partial charge in [0, 0.05) is 17.0 Å². The normalized spacial score (nSPS) is 13.9. The van der Waals surface area contributed by atoms with E-state index in [1.807, 2.05) is 4.98 Å². The number of aromatic hydroxyl groups is 1. The van der Waals surface area contributed by atoms with Crippen LogP contribution in [0.4, 0.5) is 5.69 Å². The van der Waals surface area contributed by atoms with Gasteiger partial charge in [0.25, 0.3) is 15.6 Å². The zero-order chi connectivity index (χ0) is 20.6. The van der Waals surface area contributed by atoms with E-state index < -0.39 is 26.2 Å². The third kappa shape index (κ3) is 3.70. The minimum absolute atomic E-state index is 0.0353. The number of rotatable bonds is 4. The molecule has 29 heavy (non-hydrogen) atoms. The van der Waals surface area contributed by atoms with Gasteiger partial charge in [-0.1, -0.05) is 24.3 Å². The van der Waals surface area contributed by atoms with Crippen LogP contribution in [0.15, 0.2) is 60.9 Å². The number of aromatic amines is 2. The number of hydrazine groups is 1. The second kappa shape index (κ2) is 7.27. The zero-order valence-corrected chi connectivity index (χ0v) is 16.1. The lowest BCUT2D eigenvalue weighted by molar-refractivity contribution is 0.469. The summed E-state index contributed by atoms with van der Waals surface area (Å²) in [5, 5.41) is 12.0. The quantitative estimate of drug-likeness (QED) is 0.317. The molecule has 13 heteroatoms. The molecule has 0 saturated carbocycles. The monoisotopic (exact) mass is 434 g/mol. The molecule has 6 N–H and O–H groups in total. The summed E-state index contributed by atoms with van der Waals surface area (Å²) in [5.74, 6) is -0.0353. The standard InChI is InChI=1S/C16H14N6O5S2/c23-13-9-4-2-1-3-8(9)10(5-11(13)28-16-18-7-19-21-16)22-29(26,27)12-6-17-15(25)20-14(12)24/h1-6,19,22-23H,7H2,(H,18,21)(H2,17,20,24,25). The zero-order valence-electron chi connectivity index (χ0n) is 14.5. The van der Waals surface area contributed by atoms with Gasteiger partial charge in [0.1, 0.15) is 12.4 Å². The maximum absolute atomic E-state index is 12.7. The molecule has 4 rings (SSSR count). The van der Waals surface area contributed by atoms with Gasteiger partial charge in [-0.2, -0.15) is 0 Å². The minimum atomic E-state index is -4.32. The summed E-state index contributed by atoms with van der Waals surface area (Å²) >= 11 is 1.11. The Balaban J connectivity index is 1.83. The summed E-state index contributed by atoms with van der Waals surface area (Å²) < 4.78 is 27.9. The Morgan fingerprint density at radius 1 is 1.17 bits per heavy atom. The Kier molecular flexibility index (Phi) is 4.77. The number of H-pyrrole nitrogens is 2. The molecule has 1 aromatic heterocycles. The fourth-order valence-corrected chi connectivity index (χ4v) is 4.64. The highest BCUT2D eigenvalue weighted by atomic mass is 32.2. The number of phenols is 1. The van der Waals surface area contributed by atoms with Crippen LogP contribution < -0.4 is 26.8 Å². The number of fused-ring (bicyclic) bond motifs is 1. The highest BCUT2D eigenvalue weighted by Crippen LogP contribution is 2.40. The Morgan fingerprint density at radius 3 is 2.62 bits per heavy atom. The molecule has 0 unspecified atom stereocenters. The number of aliphatic imine (C=N–C) groups is 1. The maximum Gasteiger partial charge on any atom is 0.325 e. The number of sulfonamides is 1. The largest absolute Gasteiger partial charge is 0.506 e. The minimum Gasteiger partial charge on any atom is -0.506 e. The molecule has 11 nitrogen and oxygen atoms in total. The summed E-state index contributed by atoms with van der Waals surface area (Å²) in [6, 6.07) is 8.11. The fraction of sp³-hybridized carbons (Fsp3) is 0.0625. The third-order valence-electron chi connectivity index (χ3n) is 4.00. The van der Waals surface area contributed by atoms with E-state index in [0.717, 1.165) is 18.0 Å². The third-order valence-corrected chi connectivity index (χ3v) is 6.33. The molecule has 0 atom stereocenters. The number of anilines is 1. The Labute approximate surface area is 167 Å². The number of phenolic OH excluding ortho intramolecular Hbond substituents is 1. The molecule has 0 saturated heterocycles. The lowest BCUT2D eigenvalue weighted by atomic mass is 10.1. The lowest BCUT2D eigenvalue weighted by Gasteiger charge is -2.14. The topological polar surface area (TPSA) is 169 Å². The number of benzene rings is 2. The van der Waals surface area contributed by atoms with Crippen LogP contribution in [0.5, 0.6) is 5.75 Å². The van der Waals surface area contributed by atoms with Crippen LogP contribution >= 0.6 is 11.8 Å². The summed E-state index contributed by atoms with van der Waals surface area (Å²) in [5.41, 5.74) is 3.91. The molecule has 0 amide bonds. The van der Waals surface area contributed by atoms with E-state index in [1.165, 1.54) is 6.07 Å². The summed E-state index contributed by atoms with van der Waals surface area (Å²) in [7, 11) is -4.32. The molecule has 1 aliphatic heterocycles. The fourth-order valence-electron chi connectivity index (χ4n) is 2.72. The molecule has 0 aliphatic carbocycles. The summed E-state index contributed by atoms with van der Waals surface area (Å²) in [4.78, 5) is 31.0. The van der Waals surface area contributed by atoms with Crippen molar-refractivity contribution >= 4 is 43.4 Å². The van der Waals surface area contributed by atoms with E-state index in [-0.39, 0.29) is 11.4 Å². The molecule has 150 valence electrons. The number of hydrogen-bond donors (Lipinski definition) is 6. The van der Waals surface area contributed by atoms with E-state index in [2.05, 4.69) is 25.6 Å². The van der Waals surface area contributed by atoms with Gasteiger partial charge in [-0.3, -0.25) is 19.9 Å². The Morgan fingerprint density at radius 2 is 1.93 bits per heavy atom. The Hall–Kier alpha value is -3.29. The van der Waals surface area contributed by atoms with Gasteiger partial charge in [-0.05, 0) is 17.8 Å². The molecule has 3 aromatic rings. The molecule has 2 aromatic carbocycles. The van der Waals surface area contributed by atoms with Crippen LogP contribution in [0.3, 0.4) is 0 Å². The van der Waals surface area contributed by atoms with Gasteiger partial charge >= 0.3 is 5.69 Å². The highest BCUT2D eigenvalue weighted by Gasteiger charge is 2.22.